The predicted octanol–water partition coefficient (Wildman–Crippen LogP) is 3.55. The van der Waals surface area contributed by atoms with Gasteiger partial charge in [-0.25, -0.2) is 9.97 Å². The van der Waals surface area contributed by atoms with E-state index in [1.807, 2.05) is 25.1 Å². The molecule has 0 saturated heterocycles. The van der Waals surface area contributed by atoms with Gasteiger partial charge in [0.2, 0.25) is 0 Å². The van der Waals surface area contributed by atoms with E-state index >= 15 is 0 Å². The zero-order valence-corrected chi connectivity index (χ0v) is 16.0. The van der Waals surface area contributed by atoms with Gasteiger partial charge in [0, 0.05) is 29.2 Å². The lowest BCUT2D eigenvalue weighted by Crippen LogP contribution is -2.13. The highest BCUT2D eigenvalue weighted by Crippen LogP contribution is 2.25. The van der Waals surface area contributed by atoms with Crippen LogP contribution in [0.4, 0.5) is 5.82 Å². The Morgan fingerprint density at radius 2 is 2.07 bits per heavy atom. The maximum absolute atomic E-state index is 12.7. The minimum Gasteiger partial charge on any atom is -0.464 e. The number of hydrogen-bond acceptors (Lipinski definition) is 6. The van der Waals surface area contributed by atoms with Gasteiger partial charge < -0.3 is 15.0 Å². The summed E-state index contributed by atoms with van der Waals surface area (Å²) in [6.07, 6.45) is 5.03. The molecule has 4 heterocycles. The van der Waals surface area contributed by atoms with Crippen molar-refractivity contribution in [1.82, 2.24) is 30.1 Å². The lowest BCUT2D eigenvalue weighted by molar-refractivity contribution is 0.102. The third-order valence-electron chi connectivity index (χ3n) is 4.65. The minimum atomic E-state index is -0.263. The van der Waals surface area contributed by atoms with E-state index in [2.05, 4.69) is 35.5 Å². The number of rotatable bonds is 5. The number of nitrogens with one attached hydrogen (secondary N) is 3. The van der Waals surface area contributed by atoms with Crippen LogP contribution in [0, 0.1) is 0 Å². The predicted molar refractivity (Wildman–Crippen MR) is 112 cm³/mol. The molecular weight excluding hydrogens is 382 g/mol. The van der Waals surface area contributed by atoms with Gasteiger partial charge in [-0.3, -0.25) is 9.89 Å². The Labute approximate surface area is 170 Å². The van der Waals surface area contributed by atoms with Crippen molar-refractivity contribution in [2.24, 2.45) is 0 Å². The summed E-state index contributed by atoms with van der Waals surface area (Å²) in [6, 6.07) is 11.3. The number of carbonyl (C=O) groups excluding carboxylic acids is 1. The first-order valence-corrected chi connectivity index (χ1v) is 9.39. The van der Waals surface area contributed by atoms with Crippen LogP contribution in [0.1, 0.15) is 17.3 Å². The molecule has 1 amide bonds. The van der Waals surface area contributed by atoms with E-state index in [9.17, 15) is 4.79 Å². The number of nitrogens with zero attached hydrogens (tertiary/aromatic N) is 4. The van der Waals surface area contributed by atoms with Gasteiger partial charge in [0.25, 0.3) is 5.91 Å². The van der Waals surface area contributed by atoms with E-state index in [-0.39, 0.29) is 5.91 Å². The number of ether oxygens (including phenoxy) is 1. The highest BCUT2D eigenvalue weighted by Gasteiger charge is 2.13. The fraction of sp³-hybridized carbons (Fsp3) is 0.0952. The Morgan fingerprint density at radius 3 is 2.97 bits per heavy atom. The molecule has 0 fully saturated rings. The molecule has 0 unspecified atom stereocenters. The SMILES string of the molecule is CCOc1nccc(-c2cc3cnc(NC(=O)c4cccc5cn[nH]c45)cc3[nH]2)n1. The Hall–Kier alpha value is -4.27. The molecule has 5 aromatic rings. The number of H-pyrrole nitrogens is 2. The molecule has 9 nitrogen and oxygen atoms in total. The zero-order valence-electron chi connectivity index (χ0n) is 16.0. The standard InChI is InChI=1S/C21H17N7O2/c1-2-30-21-22-7-6-15(26-21)17-8-13-10-23-18(9-16(13)25-17)27-20(29)14-5-3-4-12-11-24-28-19(12)14/h3-11,25H,2H2,1H3,(H,24,28)(H,23,27,29). The smallest absolute Gasteiger partial charge is 0.316 e. The molecule has 148 valence electrons. The molecule has 0 spiro atoms. The molecule has 3 N–H and O–H groups in total. The summed E-state index contributed by atoms with van der Waals surface area (Å²) in [5.41, 5.74) is 3.53. The van der Waals surface area contributed by atoms with Gasteiger partial charge in [0.05, 0.1) is 40.8 Å². The molecule has 0 atom stereocenters. The second kappa shape index (κ2) is 7.28. The molecule has 0 bridgehead atoms. The molecule has 1 aromatic carbocycles. The van der Waals surface area contributed by atoms with Crippen molar-refractivity contribution in [3.8, 4) is 17.4 Å². The Morgan fingerprint density at radius 1 is 1.13 bits per heavy atom. The van der Waals surface area contributed by atoms with Crippen molar-refractivity contribution in [1.29, 1.82) is 0 Å². The number of anilines is 1. The molecule has 4 aromatic heterocycles. The van der Waals surface area contributed by atoms with E-state index in [1.165, 1.54) is 0 Å². The summed E-state index contributed by atoms with van der Waals surface area (Å²) in [5.74, 6) is 0.177. The fourth-order valence-electron chi connectivity index (χ4n) is 3.26. The molecule has 0 radical (unpaired) electrons. The van der Waals surface area contributed by atoms with Crippen molar-refractivity contribution in [2.75, 3.05) is 11.9 Å². The summed E-state index contributed by atoms with van der Waals surface area (Å²) in [6.45, 7) is 2.38. The molecule has 0 aliphatic rings. The van der Waals surface area contributed by atoms with Crippen molar-refractivity contribution in [3.05, 3.63) is 60.6 Å². The van der Waals surface area contributed by atoms with Gasteiger partial charge in [-0.05, 0) is 25.1 Å². The number of aromatic nitrogens is 6. The Bertz CT molecular complexity index is 1370. The second-order valence-corrected chi connectivity index (χ2v) is 6.59. The van der Waals surface area contributed by atoms with Gasteiger partial charge in [-0.15, -0.1) is 0 Å². The minimum absolute atomic E-state index is 0.263. The van der Waals surface area contributed by atoms with Crippen LogP contribution in [0.15, 0.2) is 55.0 Å². The number of amides is 1. The first kappa shape index (κ1) is 17.8. The largest absolute Gasteiger partial charge is 0.464 e. The van der Waals surface area contributed by atoms with Gasteiger partial charge in [-0.2, -0.15) is 10.1 Å². The molecule has 5 rings (SSSR count). The number of carbonyl (C=O) groups is 1. The van der Waals surface area contributed by atoms with E-state index < -0.39 is 0 Å². The maximum Gasteiger partial charge on any atom is 0.316 e. The molecule has 0 aliphatic carbocycles. The Balaban J connectivity index is 1.43. The van der Waals surface area contributed by atoms with E-state index in [4.69, 9.17) is 4.74 Å². The molecule has 9 heteroatoms. The van der Waals surface area contributed by atoms with Gasteiger partial charge in [0.1, 0.15) is 5.82 Å². The number of para-hydroxylation sites is 1. The average molecular weight is 399 g/mol. The summed E-state index contributed by atoms with van der Waals surface area (Å²) < 4.78 is 5.37. The summed E-state index contributed by atoms with van der Waals surface area (Å²) in [4.78, 5) is 28.9. The summed E-state index contributed by atoms with van der Waals surface area (Å²) in [7, 11) is 0. The van der Waals surface area contributed by atoms with Crippen LogP contribution in [0.2, 0.25) is 0 Å². The Kier molecular flexibility index (Phi) is 4.32. The maximum atomic E-state index is 12.7. The molecular formula is C21H17N7O2. The lowest BCUT2D eigenvalue weighted by atomic mass is 10.1. The first-order chi connectivity index (χ1) is 14.7. The van der Waals surface area contributed by atoms with Crippen LogP contribution in [-0.2, 0) is 0 Å². The summed E-state index contributed by atoms with van der Waals surface area (Å²) in [5, 5.41) is 11.5. The van der Waals surface area contributed by atoms with Gasteiger partial charge in [-0.1, -0.05) is 12.1 Å². The van der Waals surface area contributed by atoms with Crippen molar-refractivity contribution in [3.63, 3.8) is 0 Å². The number of hydrogen-bond donors (Lipinski definition) is 3. The topological polar surface area (TPSA) is 121 Å². The summed E-state index contributed by atoms with van der Waals surface area (Å²) >= 11 is 0. The van der Waals surface area contributed by atoms with Crippen LogP contribution in [0.3, 0.4) is 0 Å². The zero-order chi connectivity index (χ0) is 20.5. The number of fused-ring (bicyclic) bond motifs is 2. The highest BCUT2D eigenvalue weighted by molar-refractivity contribution is 6.11. The average Bonchev–Trinajstić information content (AvgIpc) is 3.40. The lowest BCUT2D eigenvalue weighted by Gasteiger charge is -2.05. The number of aromatic amines is 2. The molecule has 0 aliphatic heterocycles. The number of pyridine rings is 1. The second-order valence-electron chi connectivity index (χ2n) is 6.59. The van der Waals surface area contributed by atoms with E-state index in [0.29, 0.717) is 35.2 Å². The fourth-order valence-corrected chi connectivity index (χ4v) is 3.26. The first-order valence-electron chi connectivity index (χ1n) is 9.39. The third-order valence-corrected chi connectivity index (χ3v) is 4.65. The van der Waals surface area contributed by atoms with E-state index in [0.717, 1.165) is 22.0 Å². The van der Waals surface area contributed by atoms with Crippen LogP contribution >= 0.6 is 0 Å². The van der Waals surface area contributed by atoms with Crippen molar-refractivity contribution >= 4 is 33.5 Å². The molecule has 30 heavy (non-hydrogen) atoms. The third kappa shape index (κ3) is 3.22. The molecule has 0 saturated carbocycles. The highest BCUT2D eigenvalue weighted by atomic mass is 16.5. The van der Waals surface area contributed by atoms with Gasteiger partial charge in [0.15, 0.2) is 0 Å². The van der Waals surface area contributed by atoms with E-state index in [1.54, 1.807) is 36.8 Å². The van der Waals surface area contributed by atoms with Crippen molar-refractivity contribution < 1.29 is 9.53 Å². The van der Waals surface area contributed by atoms with Crippen LogP contribution < -0.4 is 10.1 Å². The van der Waals surface area contributed by atoms with Crippen LogP contribution in [0.5, 0.6) is 6.01 Å². The monoisotopic (exact) mass is 399 g/mol. The van der Waals surface area contributed by atoms with Gasteiger partial charge >= 0.3 is 6.01 Å². The normalized spacial score (nSPS) is 11.1. The number of benzene rings is 1. The van der Waals surface area contributed by atoms with Crippen LogP contribution in [0.25, 0.3) is 33.2 Å². The van der Waals surface area contributed by atoms with Crippen LogP contribution in [-0.4, -0.2) is 42.6 Å². The quantitative estimate of drug-likeness (QED) is 0.415. The van der Waals surface area contributed by atoms with Crippen molar-refractivity contribution in [2.45, 2.75) is 6.92 Å².